The quantitative estimate of drug-likeness (QED) is 0.849. The molecule has 0 aromatic heterocycles. The molecule has 2 aliphatic rings. The van der Waals surface area contributed by atoms with Crippen LogP contribution in [0.4, 0.5) is 5.69 Å². The average Bonchev–Trinajstić information content (AvgIpc) is 2.78. The largest absolute Gasteiger partial charge is 0.328 e. The van der Waals surface area contributed by atoms with Crippen LogP contribution >= 0.6 is 10.5 Å². The molecule has 5 heteroatoms. The van der Waals surface area contributed by atoms with Crippen molar-refractivity contribution in [3.05, 3.63) is 29.8 Å². The maximum atomic E-state index is 5.93. The number of hydrogen-bond acceptors (Lipinski definition) is 4. The lowest BCUT2D eigenvalue weighted by atomic mass is 10.1. The summed E-state index contributed by atoms with van der Waals surface area (Å²) in [6, 6.07) is 6.25. The first-order valence-electron chi connectivity index (χ1n) is 5.91. The molecule has 3 rings (SSSR count). The summed E-state index contributed by atoms with van der Waals surface area (Å²) in [5.41, 5.74) is 9.10. The molecule has 2 N–H and O–H groups in total. The summed E-state index contributed by atoms with van der Waals surface area (Å²) in [6.45, 7) is 0.647. The number of nitrogens with zero attached hydrogens (tertiary/aromatic N) is 3. The number of nitrogens with two attached hydrogens (primary N) is 1. The van der Waals surface area contributed by atoms with Crippen LogP contribution < -0.4 is 5.73 Å². The van der Waals surface area contributed by atoms with Gasteiger partial charge in [0.25, 0.3) is 0 Å². The molecule has 2 atom stereocenters. The second-order valence-corrected chi connectivity index (χ2v) is 6.56. The lowest BCUT2D eigenvalue weighted by Gasteiger charge is -2.29. The summed E-state index contributed by atoms with van der Waals surface area (Å²) in [4.78, 5) is 3.51. The Morgan fingerprint density at radius 2 is 2.17 bits per heavy atom. The Morgan fingerprint density at radius 3 is 2.89 bits per heavy atom. The Morgan fingerprint density at radius 1 is 1.33 bits per heavy atom. The molecule has 0 spiro atoms. The van der Waals surface area contributed by atoms with Crippen LogP contribution in [-0.4, -0.2) is 36.3 Å². The van der Waals surface area contributed by atoms with Crippen molar-refractivity contribution in [1.82, 2.24) is 4.90 Å². The summed E-state index contributed by atoms with van der Waals surface area (Å²) >= 11 is 0. The van der Waals surface area contributed by atoms with Gasteiger partial charge in [-0.3, -0.25) is 4.90 Å². The normalized spacial score (nSPS) is 21.6. The van der Waals surface area contributed by atoms with Crippen molar-refractivity contribution in [1.29, 1.82) is 0 Å². The average molecular weight is 260 g/mol. The van der Waals surface area contributed by atoms with Crippen molar-refractivity contribution in [2.75, 3.05) is 20.6 Å². The van der Waals surface area contributed by atoms with Crippen LogP contribution in [-0.2, 0) is 0 Å². The van der Waals surface area contributed by atoms with Gasteiger partial charge in [-0.05, 0) is 37.7 Å². The Hall–Kier alpha value is -1.30. The van der Waals surface area contributed by atoms with Crippen LogP contribution in [0.25, 0.3) is 5.70 Å². The van der Waals surface area contributed by atoms with E-state index < -0.39 is 0 Å². The molecule has 0 saturated heterocycles. The van der Waals surface area contributed by atoms with Gasteiger partial charge in [0.2, 0.25) is 0 Å². The highest BCUT2D eigenvalue weighted by Gasteiger charge is 2.26. The minimum atomic E-state index is 0.00105. The molecule has 0 radical (unpaired) electrons. The van der Waals surface area contributed by atoms with Gasteiger partial charge in [-0.15, -0.1) is 20.7 Å². The molecule has 0 saturated carbocycles. The lowest BCUT2D eigenvalue weighted by Crippen LogP contribution is -2.34. The number of allylic oxidation sites excluding steroid dienone is 1. The maximum absolute atomic E-state index is 5.93. The molecule has 2 heterocycles. The van der Waals surface area contributed by atoms with E-state index in [0.717, 1.165) is 11.4 Å². The van der Waals surface area contributed by atoms with E-state index in [0.29, 0.717) is 11.9 Å². The van der Waals surface area contributed by atoms with Crippen LogP contribution in [0.5, 0.6) is 0 Å². The fourth-order valence-electron chi connectivity index (χ4n) is 2.32. The Kier molecular flexibility index (Phi) is 2.89. The van der Waals surface area contributed by atoms with E-state index in [-0.39, 0.29) is 10.5 Å². The highest BCUT2D eigenvalue weighted by atomic mass is 32.2. The van der Waals surface area contributed by atoms with Crippen LogP contribution in [0.2, 0.25) is 0 Å². The van der Waals surface area contributed by atoms with Crippen molar-refractivity contribution in [3.63, 3.8) is 0 Å². The zero-order valence-electron chi connectivity index (χ0n) is 10.5. The Bertz CT molecular complexity index is 587. The molecule has 1 aromatic rings. The van der Waals surface area contributed by atoms with Crippen molar-refractivity contribution >= 4 is 27.2 Å². The predicted octanol–water partition coefficient (Wildman–Crippen LogP) is 2.41. The van der Waals surface area contributed by atoms with Crippen molar-refractivity contribution in [2.45, 2.75) is 10.3 Å². The third kappa shape index (κ3) is 1.67. The number of likely N-dealkylation sites (N-methyl/N-ethyl adjacent to an activating group) is 1. The summed E-state index contributed by atoms with van der Waals surface area (Å²) in [6.07, 6.45) is 2.08. The predicted molar refractivity (Wildman–Crippen MR) is 77.4 cm³/mol. The molecule has 0 amide bonds. The van der Waals surface area contributed by atoms with Gasteiger partial charge in [0, 0.05) is 17.0 Å². The number of hydrogen-bond donors (Lipinski definition) is 1. The molecule has 18 heavy (non-hydrogen) atoms. The molecular formula is C13H16N4S. The zero-order chi connectivity index (χ0) is 12.7. The fourth-order valence-corrected chi connectivity index (χ4v) is 4.56. The van der Waals surface area contributed by atoms with Crippen LogP contribution in [0.15, 0.2) is 39.4 Å². The van der Waals surface area contributed by atoms with Crippen molar-refractivity contribution in [2.24, 2.45) is 16.0 Å². The highest BCUT2D eigenvalue weighted by molar-refractivity contribution is 8.15. The minimum Gasteiger partial charge on any atom is -0.328 e. The van der Waals surface area contributed by atoms with Crippen LogP contribution in [0, 0.1) is 0 Å². The molecule has 94 valence electrons. The highest BCUT2D eigenvalue weighted by Crippen LogP contribution is 2.47. The number of rotatable bonds is 3. The zero-order valence-corrected chi connectivity index (χ0v) is 11.3. The van der Waals surface area contributed by atoms with Gasteiger partial charge in [0.05, 0.1) is 16.8 Å². The fraction of sp³-hybridized carbons (Fsp3) is 0.308. The van der Waals surface area contributed by atoms with E-state index in [4.69, 9.17) is 5.73 Å². The SMILES string of the molecule is CN(C)C(CN)S1=CC=C2N=Nc3cccc1c32. The molecule has 1 aromatic carbocycles. The summed E-state index contributed by atoms with van der Waals surface area (Å²) in [5, 5.41) is 11.0. The Labute approximate surface area is 109 Å². The minimum absolute atomic E-state index is 0.00105. The molecule has 4 nitrogen and oxygen atoms in total. The summed E-state index contributed by atoms with van der Waals surface area (Å²) in [5.74, 6) is 0. The summed E-state index contributed by atoms with van der Waals surface area (Å²) < 4.78 is 0. The monoisotopic (exact) mass is 260 g/mol. The first-order valence-corrected chi connectivity index (χ1v) is 7.26. The van der Waals surface area contributed by atoms with Gasteiger partial charge < -0.3 is 5.73 Å². The van der Waals surface area contributed by atoms with E-state index in [9.17, 15) is 0 Å². The van der Waals surface area contributed by atoms with E-state index >= 15 is 0 Å². The van der Waals surface area contributed by atoms with Gasteiger partial charge in [0.1, 0.15) is 0 Å². The molecule has 0 aliphatic carbocycles. The molecular weight excluding hydrogens is 244 g/mol. The molecule has 0 fully saturated rings. The second-order valence-electron chi connectivity index (χ2n) is 4.56. The van der Waals surface area contributed by atoms with Crippen molar-refractivity contribution < 1.29 is 0 Å². The first kappa shape index (κ1) is 11.8. The second kappa shape index (κ2) is 4.42. The van der Waals surface area contributed by atoms with Gasteiger partial charge in [0.15, 0.2) is 0 Å². The smallest absolute Gasteiger partial charge is 0.0967 e. The Balaban J connectivity index is 2.15. The molecule has 2 aliphatic heterocycles. The third-order valence-corrected chi connectivity index (χ3v) is 5.70. The van der Waals surface area contributed by atoms with Crippen molar-refractivity contribution in [3.8, 4) is 0 Å². The standard InChI is InChI=1S/C13H16N4S/c1-17(2)12(8-14)18-7-6-10-13-9(15-16-10)4-3-5-11(13)18/h3-7,12H,8,14H2,1-2H3. The van der Waals surface area contributed by atoms with Crippen LogP contribution in [0.3, 0.4) is 0 Å². The van der Waals surface area contributed by atoms with E-state index in [1.807, 2.05) is 6.07 Å². The van der Waals surface area contributed by atoms with Gasteiger partial charge in [-0.1, -0.05) is 6.07 Å². The number of azo groups is 1. The summed E-state index contributed by atoms with van der Waals surface area (Å²) in [7, 11) is 4.16. The van der Waals surface area contributed by atoms with E-state index in [2.05, 4.69) is 52.8 Å². The van der Waals surface area contributed by atoms with Gasteiger partial charge in [-0.2, -0.15) is 0 Å². The first-order chi connectivity index (χ1) is 8.72. The van der Waals surface area contributed by atoms with Gasteiger partial charge in [-0.25, -0.2) is 0 Å². The van der Waals surface area contributed by atoms with Crippen LogP contribution in [0.1, 0.15) is 5.56 Å². The third-order valence-electron chi connectivity index (χ3n) is 3.22. The van der Waals surface area contributed by atoms with E-state index in [1.165, 1.54) is 10.5 Å². The molecule has 2 unspecified atom stereocenters. The number of benzene rings is 1. The lowest BCUT2D eigenvalue weighted by molar-refractivity contribution is 0.387. The van der Waals surface area contributed by atoms with Gasteiger partial charge >= 0.3 is 0 Å². The topological polar surface area (TPSA) is 54.0 Å². The maximum Gasteiger partial charge on any atom is 0.0967 e. The molecule has 0 bridgehead atoms. The van der Waals surface area contributed by atoms with E-state index in [1.54, 1.807) is 0 Å².